The molecule has 0 saturated heterocycles. The smallest absolute Gasteiger partial charge is 0.148 e. The standard InChI is InChI=1S/C18H19N3O/c1-3-11-21-16-6-4-5-15(19)18(16)20-17(21)12-22-14-9-7-13(2)8-10-14/h3-10H,1,11-12,19H2,2H3. The minimum Gasteiger partial charge on any atom is -0.486 e. The number of aromatic nitrogens is 2. The first-order valence-electron chi connectivity index (χ1n) is 7.23. The third kappa shape index (κ3) is 2.68. The number of nitrogens with two attached hydrogens (primary N) is 1. The van der Waals surface area contributed by atoms with Gasteiger partial charge in [0.05, 0.1) is 11.2 Å². The number of ether oxygens (including phenoxy) is 1. The second-order valence-electron chi connectivity index (χ2n) is 5.24. The molecule has 0 aliphatic heterocycles. The van der Waals surface area contributed by atoms with E-state index in [1.165, 1.54) is 5.56 Å². The van der Waals surface area contributed by atoms with Crippen LogP contribution >= 0.6 is 0 Å². The molecule has 4 heteroatoms. The molecule has 0 aliphatic carbocycles. The van der Waals surface area contributed by atoms with Crippen molar-refractivity contribution in [3.05, 3.63) is 66.5 Å². The molecule has 22 heavy (non-hydrogen) atoms. The van der Waals surface area contributed by atoms with E-state index in [2.05, 4.69) is 23.1 Å². The summed E-state index contributed by atoms with van der Waals surface area (Å²) in [7, 11) is 0. The van der Waals surface area contributed by atoms with Crippen molar-refractivity contribution in [2.45, 2.75) is 20.1 Å². The molecule has 0 saturated carbocycles. The minimum absolute atomic E-state index is 0.394. The van der Waals surface area contributed by atoms with Crippen LogP contribution in [0.25, 0.3) is 11.0 Å². The lowest BCUT2D eigenvalue weighted by Gasteiger charge is -2.08. The van der Waals surface area contributed by atoms with Crippen molar-refractivity contribution in [3.63, 3.8) is 0 Å². The highest BCUT2D eigenvalue weighted by molar-refractivity contribution is 5.87. The second kappa shape index (κ2) is 5.93. The summed E-state index contributed by atoms with van der Waals surface area (Å²) in [5, 5.41) is 0. The lowest BCUT2D eigenvalue weighted by atomic mass is 10.2. The number of fused-ring (bicyclic) bond motifs is 1. The molecule has 112 valence electrons. The van der Waals surface area contributed by atoms with E-state index < -0.39 is 0 Å². The van der Waals surface area contributed by atoms with Crippen LogP contribution in [0.15, 0.2) is 55.1 Å². The highest BCUT2D eigenvalue weighted by Gasteiger charge is 2.12. The first-order chi connectivity index (χ1) is 10.7. The molecule has 0 radical (unpaired) electrons. The van der Waals surface area contributed by atoms with Gasteiger partial charge in [-0.15, -0.1) is 6.58 Å². The lowest BCUT2D eigenvalue weighted by molar-refractivity contribution is 0.291. The molecule has 3 aromatic rings. The Morgan fingerprint density at radius 1 is 1.23 bits per heavy atom. The van der Waals surface area contributed by atoms with E-state index in [1.54, 1.807) is 0 Å². The molecule has 0 amide bonds. The van der Waals surface area contributed by atoms with Gasteiger partial charge in [0.2, 0.25) is 0 Å². The summed E-state index contributed by atoms with van der Waals surface area (Å²) in [5.41, 5.74) is 9.72. The number of aryl methyl sites for hydroxylation is 1. The summed E-state index contributed by atoms with van der Waals surface area (Å²) in [4.78, 5) is 4.63. The maximum atomic E-state index is 6.02. The fourth-order valence-corrected chi connectivity index (χ4v) is 2.44. The normalized spacial score (nSPS) is 10.8. The topological polar surface area (TPSA) is 53.1 Å². The van der Waals surface area contributed by atoms with Gasteiger partial charge in [-0.05, 0) is 31.2 Å². The summed E-state index contributed by atoms with van der Waals surface area (Å²) in [6.45, 7) is 6.93. The van der Waals surface area contributed by atoms with E-state index >= 15 is 0 Å². The Morgan fingerprint density at radius 3 is 2.73 bits per heavy atom. The molecule has 0 fully saturated rings. The highest BCUT2D eigenvalue weighted by Crippen LogP contribution is 2.23. The lowest BCUT2D eigenvalue weighted by Crippen LogP contribution is -2.06. The van der Waals surface area contributed by atoms with Crippen LogP contribution in [0.2, 0.25) is 0 Å². The van der Waals surface area contributed by atoms with Crippen molar-refractivity contribution in [1.82, 2.24) is 9.55 Å². The second-order valence-corrected chi connectivity index (χ2v) is 5.24. The largest absolute Gasteiger partial charge is 0.486 e. The average Bonchev–Trinajstić information content (AvgIpc) is 2.87. The molecule has 0 aliphatic rings. The Bertz CT molecular complexity index is 803. The Kier molecular flexibility index (Phi) is 3.83. The summed E-state index contributed by atoms with van der Waals surface area (Å²) in [5.74, 6) is 1.67. The zero-order valence-corrected chi connectivity index (χ0v) is 12.6. The molecule has 2 N–H and O–H groups in total. The summed E-state index contributed by atoms with van der Waals surface area (Å²) in [6, 6.07) is 13.8. The van der Waals surface area contributed by atoms with Gasteiger partial charge in [0.25, 0.3) is 0 Å². The summed E-state index contributed by atoms with van der Waals surface area (Å²) >= 11 is 0. The number of allylic oxidation sites excluding steroid dienone is 1. The van der Waals surface area contributed by atoms with Gasteiger partial charge in [-0.2, -0.15) is 0 Å². The van der Waals surface area contributed by atoms with Crippen molar-refractivity contribution in [2.75, 3.05) is 5.73 Å². The van der Waals surface area contributed by atoms with Gasteiger partial charge in [0.1, 0.15) is 23.7 Å². The number of nitrogens with zero attached hydrogens (tertiary/aromatic N) is 2. The Labute approximate surface area is 129 Å². The minimum atomic E-state index is 0.394. The molecule has 3 rings (SSSR count). The molecule has 1 aromatic heterocycles. The average molecular weight is 293 g/mol. The van der Waals surface area contributed by atoms with Gasteiger partial charge in [-0.1, -0.05) is 29.8 Å². The number of benzene rings is 2. The zero-order chi connectivity index (χ0) is 15.5. The first kappa shape index (κ1) is 14.2. The number of anilines is 1. The molecule has 0 unspecified atom stereocenters. The third-order valence-corrected chi connectivity index (χ3v) is 3.59. The Morgan fingerprint density at radius 2 is 2.00 bits per heavy atom. The van der Waals surface area contributed by atoms with Gasteiger partial charge in [0, 0.05) is 6.54 Å². The molecular formula is C18H19N3O. The molecule has 4 nitrogen and oxygen atoms in total. The van der Waals surface area contributed by atoms with Gasteiger partial charge in [-0.3, -0.25) is 0 Å². The Balaban J connectivity index is 1.92. The molecular weight excluding hydrogens is 274 g/mol. The van der Waals surface area contributed by atoms with E-state index in [0.717, 1.165) is 22.6 Å². The van der Waals surface area contributed by atoms with E-state index in [1.807, 2.05) is 48.5 Å². The van der Waals surface area contributed by atoms with Crippen LogP contribution in [0.4, 0.5) is 5.69 Å². The van der Waals surface area contributed by atoms with E-state index in [-0.39, 0.29) is 0 Å². The maximum absolute atomic E-state index is 6.02. The summed E-state index contributed by atoms with van der Waals surface area (Å²) < 4.78 is 7.92. The Hall–Kier alpha value is -2.75. The molecule has 0 atom stereocenters. The highest BCUT2D eigenvalue weighted by atomic mass is 16.5. The first-order valence-corrected chi connectivity index (χ1v) is 7.23. The van der Waals surface area contributed by atoms with E-state index in [9.17, 15) is 0 Å². The fraction of sp³-hybridized carbons (Fsp3) is 0.167. The molecule has 0 spiro atoms. The predicted octanol–water partition coefficient (Wildman–Crippen LogP) is 3.69. The molecule has 2 aromatic carbocycles. The van der Waals surface area contributed by atoms with Crippen molar-refractivity contribution >= 4 is 16.7 Å². The van der Waals surface area contributed by atoms with Crippen molar-refractivity contribution in [1.29, 1.82) is 0 Å². The quantitative estimate of drug-likeness (QED) is 0.576. The zero-order valence-electron chi connectivity index (χ0n) is 12.6. The van der Waals surface area contributed by atoms with Crippen LogP contribution in [-0.4, -0.2) is 9.55 Å². The van der Waals surface area contributed by atoms with E-state index in [4.69, 9.17) is 10.5 Å². The third-order valence-electron chi connectivity index (χ3n) is 3.59. The van der Waals surface area contributed by atoms with E-state index in [0.29, 0.717) is 18.8 Å². The summed E-state index contributed by atoms with van der Waals surface area (Å²) in [6.07, 6.45) is 1.85. The maximum Gasteiger partial charge on any atom is 0.148 e. The van der Waals surface area contributed by atoms with Crippen molar-refractivity contribution < 1.29 is 4.74 Å². The number of nitrogen functional groups attached to an aromatic ring is 1. The van der Waals surface area contributed by atoms with Gasteiger partial charge in [-0.25, -0.2) is 4.98 Å². The van der Waals surface area contributed by atoms with Crippen LogP contribution in [0, 0.1) is 6.92 Å². The van der Waals surface area contributed by atoms with Crippen LogP contribution < -0.4 is 10.5 Å². The van der Waals surface area contributed by atoms with Crippen molar-refractivity contribution in [2.24, 2.45) is 0 Å². The van der Waals surface area contributed by atoms with Crippen LogP contribution in [-0.2, 0) is 13.2 Å². The number of para-hydroxylation sites is 1. The number of hydrogen-bond donors (Lipinski definition) is 1. The van der Waals surface area contributed by atoms with Crippen LogP contribution in [0.1, 0.15) is 11.4 Å². The van der Waals surface area contributed by atoms with Gasteiger partial charge < -0.3 is 15.0 Å². The monoisotopic (exact) mass is 293 g/mol. The SMILES string of the molecule is C=CCn1c(COc2ccc(C)cc2)nc2c(N)cccc21. The van der Waals surface area contributed by atoms with Crippen LogP contribution in [0.5, 0.6) is 5.75 Å². The molecule has 0 bridgehead atoms. The fourth-order valence-electron chi connectivity index (χ4n) is 2.44. The van der Waals surface area contributed by atoms with Crippen molar-refractivity contribution in [3.8, 4) is 5.75 Å². The van der Waals surface area contributed by atoms with Gasteiger partial charge >= 0.3 is 0 Å². The number of imidazole rings is 1. The number of hydrogen-bond acceptors (Lipinski definition) is 3. The van der Waals surface area contributed by atoms with Crippen LogP contribution in [0.3, 0.4) is 0 Å². The predicted molar refractivity (Wildman–Crippen MR) is 89.9 cm³/mol. The number of rotatable bonds is 5. The van der Waals surface area contributed by atoms with Gasteiger partial charge in [0.15, 0.2) is 0 Å². The molecule has 1 heterocycles.